The average Bonchev–Trinajstić information content (AvgIpc) is 3.63. The van der Waals surface area contributed by atoms with Gasteiger partial charge in [-0.2, -0.15) is 0 Å². The molecule has 3 aromatic rings. The van der Waals surface area contributed by atoms with Crippen molar-refractivity contribution in [3.8, 4) is 16.2 Å². The molecule has 1 aromatic carbocycles. The van der Waals surface area contributed by atoms with Crippen LogP contribution in [0.5, 0.6) is 5.75 Å². The molecule has 9 nitrogen and oxygen atoms in total. The molecular weight excluding hydrogens is 661 g/mol. The molecule has 0 saturated heterocycles. The van der Waals surface area contributed by atoms with Crippen LogP contribution in [-0.4, -0.2) is 59.0 Å². The molecular formula is C41H56N4O5S. The van der Waals surface area contributed by atoms with Gasteiger partial charge >= 0.3 is 6.09 Å². The predicted molar refractivity (Wildman–Crippen MR) is 202 cm³/mol. The summed E-state index contributed by atoms with van der Waals surface area (Å²) in [6.07, 6.45) is 12.1. The average molecular weight is 717 g/mol. The lowest BCUT2D eigenvalue weighted by molar-refractivity contribution is -0.124. The Bertz CT molecular complexity index is 1700. The van der Waals surface area contributed by atoms with Gasteiger partial charge in [0.2, 0.25) is 5.91 Å². The molecule has 0 radical (unpaired) electrons. The topological polar surface area (TPSA) is 114 Å². The largest absolute Gasteiger partial charge is 0.496 e. The van der Waals surface area contributed by atoms with Crippen LogP contribution in [0.1, 0.15) is 115 Å². The Kier molecular flexibility index (Phi) is 10.6. The van der Waals surface area contributed by atoms with Crippen LogP contribution in [0.15, 0.2) is 42.7 Å². The van der Waals surface area contributed by atoms with Crippen molar-refractivity contribution >= 4 is 29.2 Å². The Labute approximate surface area is 307 Å². The van der Waals surface area contributed by atoms with E-state index >= 15 is 0 Å². The minimum absolute atomic E-state index is 0.0401. The van der Waals surface area contributed by atoms with Gasteiger partial charge in [-0.15, -0.1) is 11.3 Å². The molecule has 10 heteroatoms. The zero-order valence-electron chi connectivity index (χ0n) is 31.5. The highest BCUT2D eigenvalue weighted by Gasteiger charge is 2.51. The number of rotatable bonds is 10. The fourth-order valence-corrected chi connectivity index (χ4v) is 9.34. The van der Waals surface area contributed by atoms with E-state index in [1.165, 1.54) is 11.1 Å². The highest BCUT2D eigenvalue weighted by Crippen LogP contribution is 2.58. The number of aliphatic hydroxyl groups excluding tert-OH is 1. The molecule has 7 rings (SSSR count). The Morgan fingerprint density at radius 1 is 0.980 bits per heavy atom. The number of carbonyl (C=O) groups excluding carboxylic acids is 2. The number of benzene rings is 1. The summed E-state index contributed by atoms with van der Waals surface area (Å²) in [6.45, 7) is 12.6. The van der Waals surface area contributed by atoms with Crippen LogP contribution < -0.4 is 15.0 Å². The molecule has 2 amide bonds. The van der Waals surface area contributed by atoms with Gasteiger partial charge in [0, 0.05) is 30.3 Å². The molecule has 0 atom stereocenters. The lowest BCUT2D eigenvalue weighted by Gasteiger charge is -2.55. The van der Waals surface area contributed by atoms with Crippen LogP contribution in [0.4, 0.5) is 10.6 Å². The van der Waals surface area contributed by atoms with Gasteiger partial charge in [-0.3, -0.25) is 9.69 Å². The minimum atomic E-state index is -0.759. The van der Waals surface area contributed by atoms with Gasteiger partial charge in [-0.05, 0) is 131 Å². The van der Waals surface area contributed by atoms with Gasteiger partial charge in [0.25, 0.3) is 0 Å². The second kappa shape index (κ2) is 14.5. The van der Waals surface area contributed by atoms with E-state index in [1.807, 2.05) is 23.4 Å². The molecule has 2 N–H and O–H groups in total. The fraction of sp³-hybridized carbons (Fsp3) is 0.610. The van der Waals surface area contributed by atoms with Gasteiger partial charge in [0.1, 0.15) is 17.7 Å². The number of fused-ring (bicyclic) bond motifs is 3. The first-order chi connectivity index (χ1) is 24.1. The quantitative estimate of drug-likeness (QED) is 0.216. The number of alkyl carbamates (subject to hydrolysis) is 1. The number of thiazole rings is 1. The molecule has 276 valence electrons. The summed E-state index contributed by atoms with van der Waals surface area (Å²) < 4.78 is 11.3. The van der Waals surface area contributed by atoms with Crippen LogP contribution in [0.25, 0.3) is 10.4 Å². The van der Waals surface area contributed by atoms with Gasteiger partial charge in [-0.25, -0.2) is 14.8 Å². The van der Waals surface area contributed by atoms with Crippen molar-refractivity contribution in [2.45, 2.75) is 128 Å². The zero-order chi connectivity index (χ0) is 36.6. The van der Waals surface area contributed by atoms with Gasteiger partial charge in [-0.1, -0.05) is 32.9 Å². The smallest absolute Gasteiger partial charge is 0.407 e. The number of nitrogens with one attached hydrogen (secondary N) is 1. The lowest BCUT2D eigenvalue weighted by atomic mass is 9.51. The molecule has 0 aliphatic heterocycles. The van der Waals surface area contributed by atoms with Crippen molar-refractivity contribution in [1.29, 1.82) is 0 Å². The summed E-state index contributed by atoms with van der Waals surface area (Å²) in [4.78, 5) is 39.8. The summed E-state index contributed by atoms with van der Waals surface area (Å²) in [5.74, 6) is 1.58. The highest BCUT2D eigenvalue weighted by molar-refractivity contribution is 7.15. The van der Waals surface area contributed by atoms with Crippen LogP contribution in [-0.2, 0) is 20.4 Å². The second-order valence-corrected chi connectivity index (χ2v) is 18.1. The predicted octanol–water partition coefficient (Wildman–Crippen LogP) is 8.50. The molecule has 4 aliphatic rings. The Hall–Kier alpha value is -3.50. The number of anilines is 1. The summed E-state index contributed by atoms with van der Waals surface area (Å²) in [7, 11) is 1.73. The maximum Gasteiger partial charge on any atom is 0.407 e. The summed E-state index contributed by atoms with van der Waals surface area (Å²) in [5.41, 5.74) is 3.05. The summed E-state index contributed by atoms with van der Waals surface area (Å²) in [6, 6.07) is 10.8. The van der Waals surface area contributed by atoms with E-state index < -0.39 is 11.6 Å². The van der Waals surface area contributed by atoms with Crippen molar-refractivity contribution < 1.29 is 24.2 Å². The molecule has 2 aromatic heterocycles. The number of nitrogens with zero attached hydrogens (tertiary/aromatic N) is 3. The number of pyridine rings is 1. The van der Waals surface area contributed by atoms with Crippen molar-refractivity contribution in [2.75, 3.05) is 25.2 Å². The lowest BCUT2D eigenvalue weighted by Crippen LogP contribution is -2.52. The first-order valence-corrected chi connectivity index (χ1v) is 19.5. The summed E-state index contributed by atoms with van der Waals surface area (Å²) >= 11 is 1.70. The number of aromatic nitrogens is 2. The number of amides is 2. The third kappa shape index (κ3) is 8.12. The van der Waals surface area contributed by atoms with E-state index in [2.05, 4.69) is 57.3 Å². The van der Waals surface area contributed by atoms with Gasteiger partial charge in [0.05, 0.1) is 29.1 Å². The van der Waals surface area contributed by atoms with Gasteiger partial charge < -0.3 is 19.9 Å². The molecule has 0 unspecified atom stereocenters. The zero-order valence-corrected chi connectivity index (χ0v) is 32.3. The number of ether oxygens (including phenoxy) is 2. The van der Waals surface area contributed by atoms with E-state index in [9.17, 15) is 14.7 Å². The van der Waals surface area contributed by atoms with Crippen molar-refractivity contribution in [1.82, 2.24) is 15.3 Å². The molecule has 2 bridgehead atoms. The molecule has 4 fully saturated rings. The normalized spacial score (nSPS) is 24.9. The monoisotopic (exact) mass is 716 g/mol. The van der Waals surface area contributed by atoms with Crippen LogP contribution in [0.3, 0.4) is 0 Å². The van der Waals surface area contributed by atoms with E-state index in [0.29, 0.717) is 38.0 Å². The van der Waals surface area contributed by atoms with Crippen molar-refractivity contribution in [2.24, 2.45) is 11.3 Å². The second-order valence-electron chi connectivity index (χ2n) is 17.1. The van der Waals surface area contributed by atoms with E-state index in [1.54, 1.807) is 32.3 Å². The van der Waals surface area contributed by atoms with Gasteiger partial charge in [0.15, 0.2) is 0 Å². The minimum Gasteiger partial charge on any atom is -0.496 e. The number of hydrogen-bond donors (Lipinski definition) is 2. The highest BCUT2D eigenvalue weighted by atomic mass is 32.1. The van der Waals surface area contributed by atoms with Crippen molar-refractivity contribution in [3.63, 3.8) is 0 Å². The van der Waals surface area contributed by atoms with E-state index in [-0.39, 0.29) is 40.8 Å². The summed E-state index contributed by atoms with van der Waals surface area (Å²) in [5, 5.41) is 13.3. The van der Waals surface area contributed by atoms with Crippen LogP contribution in [0.2, 0.25) is 0 Å². The maximum absolute atomic E-state index is 14.7. The first kappa shape index (κ1) is 37.3. The number of aryl methyl sites for hydroxylation is 1. The molecule has 0 spiro atoms. The third-order valence-electron chi connectivity index (χ3n) is 11.8. The Balaban J connectivity index is 1.22. The maximum atomic E-state index is 14.7. The first-order valence-electron chi connectivity index (χ1n) is 18.6. The van der Waals surface area contributed by atoms with E-state index in [0.717, 1.165) is 59.7 Å². The standard InChI is InChI=1S/C41H56N4O5S/c1-27-22-30(10-13-32(27)49-7)41-18-15-40(16-19-41,17-20-41)25-45(34-23-29(14-21-42-34)33-24-43-36(51-33)38(2,3)4)35(47)28-8-11-31(12-9-28)50-37(48)44-39(5,6)26-46/h10,13-14,21-24,28,31,46H,8-9,11-12,15-20,25-26H2,1-7H3,(H,44,48). The SMILES string of the molecule is COc1ccc(C23CCC(CN(C(=O)C4CCC(OC(=O)NC(C)(C)CO)CC4)c4cc(-c5cnc(C(C)(C)C)s5)ccn4)(CC2)CC3)cc1C. The molecule has 4 saturated carbocycles. The number of hydrogen-bond acceptors (Lipinski definition) is 8. The van der Waals surface area contributed by atoms with Crippen LogP contribution in [0, 0.1) is 18.3 Å². The third-order valence-corrected chi connectivity index (χ3v) is 13.2. The number of carbonyl (C=O) groups is 2. The Morgan fingerprint density at radius 3 is 2.25 bits per heavy atom. The molecule has 2 heterocycles. The van der Waals surface area contributed by atoms with E-state index in [4.69, 9.17) is 19.4 Å². The Morgan fingerprint density at radius 2 is 1.67 bits per heavy atom. The number of aliphatic hydroxyl groups is 1. The fourth-order valence-electron chi connectivity index (χ4n) is 8.37. The molecule has 51 heavy (non-hydrogen) atoms. The number of methoxy groups -OCH3 is 1. The van der Waals surface area contributed by atoms with Crippen molar-refractivity contribution in [3.05, 3.63) is 58.9 Å². The molecule has 4 aliphatic carbocycles. The van der Waals surface area contributed by atoms with Crippen LogP contribution >= 0.6 is 11.3 Å².